The third-order valence-electron chi connectivity index (χ3n) is 4.02. The Balaban J connectivity index is 1.60. The molecule has 0 amide bonds. The van der Waals surface area contributed by atoms with Crippen molar-refractivity contribution in [2.75, 3.05) is 6.54 Å². The third-order valence-corrected chi connectivity index (χ3v) is 4.43. The van der Waals surface area contributed by atoms with Crippen molar-refractivity contribution in [2.24, 2.45) is 0 Å². The molecule has 0 aliphatic carbocycles. The molecule has 0 aliphatic rings. The van der Waals surface area contributed by atoms with Gasteiger partial charge in [0.15, 0.2) is 0 Å². The van der Waals surface area contributed by atoms with E-state index in [1.165, 1.54) is 0 Å². The van der Waals surface area contributed by atoms with E-state index in [0.29, 0.717) is 13.1 Å². The van der Waals surface area contributed by atoms with Gasteiger partial charge in [0.2, 0.25) is 0 Å². The van der Waals surface area contributed by atoms with Crippen LogP contribution in [0.25, 0.3) is 11.3 Å². The summed E-state index contributed by atoms with van der Waals surface area (Å²) in [6.45, 7) is 3.01. The SMILES string of the molecule is Cc1c(Cl)cccc1-c1ccc(CNC[C@@H](O)c2ccccc2)o1. The van der Waals surface area contributed by atoms with Crippen molar-refractivity contribution in [3.63, 3.8) is 0 Å². The second-order valence-corrected chi connectivity index (χ2v) is 6.14. The van der Waals surface area contributed by atoms with Crippen molar-refractivity contribution in [1.82, 2.24) is 5.32 Å². The first kappa shape index (κ1) is 16.8. The minimum atomic E-state index is -0.532. The summed E-state index contributed by atoms with van der Waals surface area (Å²) in [4.78, 5) is 0. The highest BCUT2D eigenvalue weighted by Gasteiger charge is 2.10. The molecule has 0 aliphatic heterocycles. The van der Waals surface area contributed by atoms with E-state index in [4.69, 9.17) is 16.0 Å². The molecular formula is C20H20ClNO2. The van der Waals surface area contributed by atoms with Crippen molar-refractivity contribution < 1.29 is 9.52 Å². The molecule has 2 aromatic carbocycles. The molecule has 0 bridgehead atoms. The Labute approximate surface area is 146 Å². The van der Waals surface area contributed by atoms with E-state index in [2.05, 4.69) is 5.32 Å². The van der Waals surface area contributed by atoms with Gasteiger partial charge < -0.3 is 14.8 Å². The minimum absolute atomic E-state index is 0.468. The maximum atomic E-state index is 10.1. The van der Waals surface area contributed by atoms with E-state index in [1.807, 2.05) is 67.6 Å². The summed E-state index contributed by atoms with van der Waals surface area (Å²) in [6.07, 6.45) is -0.532. The Morgan fingerprint density at radius 3 is 2.62 bits per heavy atom. The molecule has 0 fully saturated rings. The quantitative estimate of drug-likeness (QED) is 0.681. The summed E-state index contributed by atoms with van der Waals surface area (Å²) >= 11 is 6.17. The van der Waals surface area contributed by atoms with Crippen LogP contribution in [-0.2, 0) is 6.54 Å². The summed E-state index contributed by atoms with van der Waals surface area (Å²) in [7, 11) is 0. The fourth-order valence-electron chi connectivity index (χ4n) is 2.62. The van der Waals surface area contributed by atoms with Gasteiger partial charge in [-0.2, -0.15) is 0 Å². The monoisotopic (exact) mass is 341 g/mol. The molecular weight excluding hydrogens is 322 g/mol. The lowest BCUT2D eigenvalue weighted by atomic mass is 10.1. The zero-order chi connectivity index (χ0) is 16.9. The molecule has 0 unspecified atom stereocenters. The average molecular weight is 342 g/mol. The lowest BCUT2D eigenvalue weighted by Crippen LogP contribution is -2.20. The van der Waals surface area contributed by atoms with Gasteiger partial charge in [0.1, 0.15) is 11.5 Å². The fourth-order valence-corrected chi connectivity index (χ4v) is 2.79. The minimum Gasteiger partial charge on any atom is -0.460 e. The van der Waals surface area contributed by atoms with Crippen molar-refractivity contribution >= 4 is 11.6 Å². The summed E-state index contributed by atoms with van der Waals surface area (Å²) < 4.78 is 5.89. The Bertz CT molecular complexity index is 798. The molecule has 4 heteroatoms. The van der Waals surface area contributed by atoms with Crippen LogP contribution >= 0.6 is 11.6 Å². The number of hydrogen-bond acceptors (Lipinski definition) is 3. The molecule has 0 radical (unpaired) electrons. The number of aliphatic hydroxyl groups excluding tert-OH is 1. The van der Waals surface area contributed by atoms with Gasteiger partial charge in [-0.05, 0) is 36.2 Å². The molecule has 0 saturated heterocycles. The molecule has 1 aromatic heterocycles. The zero-order valence-corrected chi connectivity index (χ0v) is 14.3. The summed E-state index contributed by atoms with van der Waals surface area (Å²) in [5, 5.41) is 14.1. The number of benzene rings is 2. The molecule has 3 aromatic rings. The first-order chi connectivity index (χ1) is 11.6. The molecule has 0 spiro atoms. The van der Waals surface area contributed by atoms with Gasteiger partial charge in [0, 0.05) is 17.1 Å². The Kier molecular flexibility index (Phi) is 5.36. The van der Waals surface area contributed by atoms with Crippen molar-refractivity contribution in [3.8, 4) is 11.3 Å². The maximum Gasteiger partial charge on any atom is 0.134 e. The van der Waals surface area contributed by atoms with Crippen molar-refractivity contribution in [3.05, 3.63) is 82.6 Å². The second-order valence-electron chi connectivity index (χ2n) is 5.74. The highest BCUT2D eigenvalue weighted by Crippen LogP contribution is 2.29. The molecule has 3 nitrogen and oxygen atoms in total. The van der Waals surface area contributed by atoms with E-state index in [1.54, 1.807) is 0 Å². The van der Waals surface area contributed by atoms with Crippen LogP contribution in [0.2, 0.25) is 5.02 Å². The van der Waals surface area contributed by atoms with E-state index in [9.17, 15) is 5.11 Å². The van der Waals surface area contributed by atoms with Crippen LogP contribution in [0.15, 0.2) is 65.1 Å². The van der Waals surface area contributed by atoms with Crippen LogP contribution in [0.5, 0.6) is 0 Å². The van der Waals surface area contributed by atoms with Gasteiger partial charge in [-0.3, -0.25) is 0 Å². The number of halogens is 1. The average Bonchev–Trinajstić information content (AvgIpc) is 3.06. The molecule has 3 rings (SSSR count). The van der Waals surface area contributed by atoms with E-state index in [-0.39, 0.29) is 0 Å². The van der Waals surface area contributed by atoms with Crippen LogP contribution in [0.4, 0.5) is 0 Å². The third kappa shape index (κ3) is 3.88. The van der Waals surface area contributed by atoms with Gasteiger partial charge in [0.25, 0.3) is 0 Å². The Morgan fingerprint density at radius 2 is 1.83 bits per heavy atom. The van der Waals surface area contributed by atoms with E-state index < -0.39 is 6.10 Å². The highest BCUT2D eigenvalue weighted by atomic mass is 35.5. The first-order valence-electron chi connectivity index (χ1n) is 7.93. The Hall–Kier alpha value is -2.07. The number of furan rings is 1. The van der Waals surface area contributed by atoms with Crippen molar-refractivity contribution in [2.45, 2.75) is 19.6 Å². The van der Waals surface area contributed by atoms with Crippen LogP contribution < -0.4 is 5.32 Å². The number of hydrogen-bond donors (Lipinski definition) is 2. The lowest BCUT2D eigenvalue weighted by molar-refractivity contribution is 0.173. The molecule has 24 heavy (non-hydrogen) atoms. The van der Waals surface area contributed by atoms with Crippen LogP contribution in [0.3, 0.4) is 0 Å². The van der Waals surface area contributed by atoms with Crippen LogP contribution in [0.1, 0.15) is 23.0 Å². The topological polar surface area (TPSA) is 45.4 Å². The summed E-state index contributed by atoms with van der Waals surface area (Å²) in [6, 6.07) is 19.3. The van der Waals surface area contributed by atoms with Crippen LogP contribution in [0, 0.1) is 6.92 Å². The maximum absolute atomic E-state index is 10.1. The summed E-state index contributed by atoms with van der Waals surface area (Å²) in [5.41, 5.74) is 2.91. The smallest absolute Gasteiger partial charge is 0.134 e. The van der Waals surface area contributed by atoms with Gasteiger partial charge >= 0.3 is 0 Å². The molecule has 0 saturated carbocycles. The number of nitrogens with one attached hydrogen (secondary N) is 1. The van der Waals surface area contributed by atoms with Gasteiger partial charge in [0.05, 0.1) is 12.6 Å². The largest absolute Gasteiger partial charge is 0.460 e. The lowest BCUT2D eigenvalue weighted by Gasteiger charge is -2.11. The second kappa shape index (κ2) is 7.67. The Morgan fingerprint density at radius 1 is 1.04 bits per heavy atom. The van der Waals surface area contributed by atoms with Crippen LogP contribution in [-0.4, -0.2) is 11.7 Å². The van der Waals surface area contributed by atoms with Gasteiger partial charge in [-0.25, -0.2) is 0 Å². The number of rotatable bonds is 6. The van der Waals surface area contributed by atoms with Crippen molar-refractivity contribution in [1.29, 1.82) is 0 Å². The number of aliphatic hydroxyl groups is 1. The molecule has 2 N–H and O–H groups in total. The highest BCUT2D eigenvalue weighted by molar-refractivity contribution is 6.31. The zero-order valence-electron chi connectivity index (χ0n) is 13.5. The van der Waals surface area contributed by atoms with E-state index >= 15 is 0 Å². The summed E-state index contributed by atoms with van der Waals surface area (Å²) in [5.74, 6) is 1.63. The fraction of sp³-hybridized carbons (Fsp3) is 0.200. The normalized spacial score (nSPS) is 12.3. The molecule has 124 valence electrons. The molecule has 1 heterocycles. The predicted molar refractivity (Wildman–Crippen MR) is 97.0 cm³/mol. The molecule has 1 atom stereocenters. The van der Waals surface area contributed by atoms with E-state index in [0.717, 1.165) is 33.2 Å². The standard InChI is InChI=1S/C20H20ClNO2/c1-14-17(8-5-9-18(14)21)20-11-10-16(24-20)12-22-13-19(23)15-6-3-2-4-7-15/h2-11,19,22-23H,12-13H2,1H3/t19-/m1/s1. The van der Waals surface area contributed by atoms with Gasteiger partial charge in [-0.15, -0.1) is 0 Å². The van der Waals surface area contributed by atoms with Gasteiger partial charge in [-0.1, -0.05) is 54.1 Å². The predicted octanol–water partition coefficient (Wildman–Crippen LogP) is 4.73. The first-order valence-corrected chi connectivity index (χ1v) is 8.31.